The van der Waals surface area contributed by atoms with Gasteiger partial charge in [0.05, 0.1) is 11.5 Å². The lowest BCUT2D eigenvalue weighted by Crippen LogP contribution is -2.35. The van der Waals surface area contributed by atoms with Gasteiger partial charge in [-0.3, -0.25) is 4.79 Å². The van der Waals surface area contributed by atoms with Gasteiger partial charge in [0, 0.05) is 4.47 Å². The van der Waals surface area contributed by atoms with Crippen molar-refractivity contribution in [2.75, 3.05) is 0 Å². The molecule has 1 N–H and O–H groups in total. The number of nitrogens with one attached hydrogen (secondary N) is 1. The topological polar surface area (TPSA) is 29.1 Å². The fourth-order valence-electron chi connectivity index (χ4n) is 1.91. The molecule has 2 rings (SSSR count). The van der Waals surface area contributed by atoms with Gasteiger partial charge < -0.3 is 5.32 Å². The summed E-state index contributed by atoms with van der Waals surface area (Å²) in [6, 6.07) is 7.71. The Bertz CT molecular complexity index is 492. The van der Waals surface area contributed by atoms with Crippen LogP contribution in [0, 0.1) is 5.41 Å². The van der Waals surface area contributed by atoms with Crippen LogP contribution in [0.5, 0.6) is 0 Å². The molecule has 1 aliphatic carbocycles. The Hall–Kier alpha value is -0.250. The van der Waals surface area contributed by atoms with E-state index in [1.54, 1.807) is 6.92 Å². The highest BCUT2D eigenvalue weighted by atomic mass is 79.9. The molecule has 1 fully saturated rings. The Morgan fingerprint density at radius 2 is 2.00 bits per heavy atom. The third-order valence-electron chi connectivity index (χ3n) is 3.48. The van der Waals surface area contributed by atoms with E-state index in [4.69, 9.17) is 23.2 Å². The number of alkyl halides is 2. The number of benzene rings is 1. The molecule has 2 atom stereocenters. The van der Waals surface area contributed by atoms with Gasteiger partial charge in [-0.05, 0) is 31.9 Å². The minimum atomic E-state index is -0.926. The van der Waals surface area contributed by atoms with Crippen LogP contribution >= 0.6 is 39.1 Å². The van der Waals surface area contributed by atoms with Gasteiger partial charge in [0.2, 0.25) is 5.91 Å². The van der Waals surface area contributed by atoms with Crippen LogP contribution in [0.25, 0.3) is 0 Å². The molecule has 2 nitrogen and oxygen atoms in total. The monoisotopic (exact) mass is 349 g/mol. The molecule has 5 heteroatoms. The van der Waals surface area contributed by atoms with Crippen molar-refractivity contribution in [3.05, 3.63) is 34.3 Å². The highest BCUT2D eigenvalue weighted by molar-refractivity contribution is 9.10. The SMILES string of the molecule is CC(NC(=O)C1(C)CC1(Cl)Cl)c1ccccc1Br. The summed E-state index contributed by atoms with van der Waals surface area (Å²) in [5, 5.41) is 2.96. The van der Waals surface area contributed by atoms with Crippen LogP contribution in [0.15, 0.2) is 28.7 Å². The number of hydrogen-bond acceptors (Lipinski definition) is 1. The Kier molecular flexibility index (Phi) is 3.69. The Morgan fingerprint density at radius 3 is 2.50 bits per heavy atom. The zero-order valence-corrected chi connectivity index (χ0v) is 13.2. The molecule has 0 heterocycles. The van der Waals surface area contributed by atoms with Crippen molar-refractivity contribution in [2.45, 2.75) is 30.6 Å². The van der Waals surface area contributed by atoms with E-state index in [-0.39, 0.29) is 11.9 Å². The van der Waals surface area contributed by atoms with Crippen LogP contribution in [-0.4, -0.2) is 10.2 Å². The minimum Gasteiger partial charge on any atom is -0.349 e. The molecule has 1 aliphatic rings. The average Bonchev–Trinajstić information content (AvgIpc) is 2.80. The first-order valence-corrected chi connectivity index (χ1v) is 7.26. The molecular weight excluding hydrogens is 337 g/mol. The molecule has 1 aromatic carbocycles. The number of hydrogen-bond donors (Lipinski definition) is 1. The van der Waals surface area contributed by atoms with Gasteiger partial charge in [-0.2, -0.15) is 0 Å². The van der Waals surface area contributed by atoms with E-state index in [1.165, 1.54) is 0 Å². The first-order chi connectivity index (χ1) is 8.28. The molecule has 2 unspecified atom stereocenters. The van der Waals surface area contributed by atoms with Gasteiger partial charge in [-0.1, -0.05) is 34.1 Å². The number of carbonyl (C=O) groups is 1. The molecule has 0 bridgehead atoms. The normalized spacial score (nSPS) is 26.5. The lowest BCUT2D eigenvalue weighted by molar-refractivity contribution is -0.126. The van der Waals surface area contributed by atoms with Crippen LogP contribution in [0.4, 0.5) is 0 Å². The number of amides is 1. The van der Waals surface area contributed by atoms with Crippen molar-refractivity contribution in [2.24, 2.45) is 5.41 Å². The van der Waals surface area contributed by atoms with E-state index in [0.717, 1.165) is 10.0 Å². The first-order valence-electron chi connectivity index (χ1n) is 5.71. The minimum absolute atomic E-state index is 0.0883. The molecule has 0 aliphatic heterocycles. The molecule has 1 saturated carbocycles. The summed E-state index contributed by atoms with van der Waals surface area (Å²) in [5.74, 6) is -0.101. The highest BCUT2D eigenvalue weighted by Crippen LogP contribution is 2.63. The van der Waals surface area contributed by atoms with E-state index >= 15 is 0 Å². The second-order valence-electron chi connectivity index (χ2n) is 4.93. The molecule has 0 radical (unpaired) electrons. The molecule has 1 amide bonds. The van der Waals surface area contributed by atoms with Crippen molar-refractivity contribution in [1.82, 2.24) is 5.32 Å². The fraction of sp³-hybridized carbons (Fsp3) is 0.462. The first kappa shape index (κ1) is 14.2. The van der Waals surface area contributed by atoms with E-state index < -0.39 is 9.75 Å². The van der Waals surface area contributed by atoms with Crippen LogP contribution < -0.4 is 5.32 Å². The maximum absolute atomic E-state index is 12.1. The van der Waals surface area contributed by atoms with Gasteiger partial charge in [-0.15, -0.1) is 23.2 Å². The van der Waals surface area contributed by atoms with Crippen molar-refractivity contribution in [1.29, 1.82) is 0 Å². The van der Waals surface area contributed by atoms with Crippen LogP contribution in [-0.2, 0) is 4.79 Å². The zero-order valence-electron chi connectivity index (χ0n) is 10.1. The third kappa shape index (κ3) is 2.40. The summed E-state index contributed by atoms with van der Waals surface area (Å²) in [4.78, 5) is 12.1. The Balaban J connectivity index is 2.08. The second kappa shape index (κ2) is 4.69. The quantitative estimate of drug-likeness (QED) is 0.813. The molecule has 98 valence electrons. The molecule has 0 aromatic heterocycles. The summed E-state index contributed by atoms with van der Waals surface area (Å²) in [6.07, 6.45) is 0.498. The summed E-state index contributed by atoms with van der Waals surface area (Å²) in [6.45, 7) is 3.73. The van der Waals surface area contributed by atoms with Crippen LogP contribution in [0.2, 0.25) is 0 Å². The highest BCUT2D eigenvalue weighted by Gasteiger charge is 2.67. The summed E-state index contributed by atoms with van der Waals surface area (Å²) in [5.41, 5.74) is 0.357. The molecule has 1 aromatic rings. The molecule has 18 heavy (non-hydrogen) atoms. The van der Waals surface area contributed by atoms with Gasteiger partial charge in [0.1, 0.15) is 4.33 Å². The van der Waals surface area contributed by atoms with E-state index in [2.05, 4.69) is 21.2 Å². The predicted octanol–water partition coefficient (Wildman–Crippen LogP) is 4.21. The van der Waals surface area contributed by atoms with E-state index in [0.29, 0.717) is 6.42 Å². The summed E-state index contributed by atoms with van der Waals surface area (Å²) < 4.78 is 0.0480. The fourth-order valence-corrected chi connectivity index (χ4v) is 3.24. The predicted molar refractivity (Wildman–Crippen MR) is 77.9 cm³/mol. The van der Waals surface area contributed by atoms with Crippen molar-refractivity contribution in [3.8, 4) is 0 Å². The lowest BCUT2D eigenvalue weighted by atomic mass is 10.1. The number of carbonyl (C=O) groups excluding carboxylic acids is 1. The van der Waals surface area contributed by atoms with Crippen molar-refractivity contribution >= 4 is 45.0 Å². The Labute approximate surface area is 125 Å². The van der Waals surface area contributed by atoms with E-state index in [1.807, 2.05) is 31.2 Å². The number of rotatable bonds is 3. The van der Waals surface area contributed by atoms with Crippen LogP contribution in [0.3, 0.4) is 0 Å². The maximum atomic E-state index is 12.1. The van der Waals surface area contributed by atoms with Crippen molar-refractivity contribution < 1.29 is 4.79 Å². The van der Waals surface area contributed by atoms with Gasteiger partial charge >= 0.3 is 0 Å². The van der Waals surface area contributed by atoms with Gasteiger partial charge in [0.25, 0.3) is 0 Å². The lowest BCUT2D eigenvalue weighted by Gasteiger charge is -2.19. The molecule has 0 spiro atoms. The second-order valence-corrected chi connectivity index (χ2v) is 7.27. The van der Waals surface area contributed by atoms with Crippen LogP contribution in [0.1, 0.15) is 31.9 Å². The van der Waals surface area contributed by atoms with E-state index in [9.17, 15) is 4.79 Å². The third-order valence-corrected chi connectivity index (χ3v) is 5.30. The zero-order chi connectivity index (χ0) is 13.6. The summed E-state index contributed by atoms with van der Waals surface area (Å²) in [7, 11) is 0. The maximum Gasteiger partial charge on any atom is 0.229 e. The van der Waals surface area contributed by atoms with Gasteiger partial charge in [0.15, 0.2) is 0 Å². The summed E-state index contributed by atoms with van der Waals surface area (Å²) >= 11 is 15.5. The van der Waals surface area contributed by atoms with Crippen molar-refractivity contribution in [3.63, 3.8) is 0 Å². The Morgan fingerprint density at radius 1 is 1.44 bits per heavy atom. The standard InChI is InChI=1S/C13H14BrCl2NO/c1-8(9-5-3-4-6-10(9)14)17-11(18)12(2)7-13(12,15)16/h3-6,8H,7H2,1-2H3,(H,17,18). The number of halogens is 3. The average molecular weight is 351 g/mol. The largest absolute Gasteiger partial charge is 0.349 e. The molecule has 0 saturated heterocycles. The molecular formula is C13H14BrCl2NO. The smallest absolute Gasteiger partial charge is 0.229 e. The van der Waals surface area contributed by atoms with Gasteiger partial charge in [-0.25, -0.2) is 0 Å².